The Morgan fingerprint density at radius 1 is 1.35 bits per heavy atom. The molecule has 0 aliphatic rings. The largest absolute Gasteiger partial charge is 0.480 e. The summed E-state index contributed by atoms with van der Waals surface area (Å²) in [7, 11) is 0. The van der Waals surface area contributed by atoms with Gasteiger partial charge in [-0.3, -0.25) is 4.79 Å². The van der Waals surface area contributed by atoms with E-state index in [4.69, 9.17) is 5.11 Å². The summed E-state index contributed by atoms with van der Waals surface area (Å²) in [5.74, 6) is -1.41. The molecule has 0 spiro atoms. The number of hydrogen-bond acceptors (Lipinski definition) is 2. The molecule has 1 aromatic carbocycles. The minimum absolute atomic E-state index is 0.282. The van der Waals surface area contributed by atoms with Crippen molar-refractivity contribution in [3.63, 3.8) is 0 Å². The Hall–Kier alpha value is -2.10. The van der Waals surface area contributed by atoms with Crippen molar-refractivity contribution in [2.24, 2.45) is 0 Å². The van der Waals surface area contributed by atoms with Gasteiger partial charge in [-0.15, -0.1) is 0 Å². The fourth-order valence-corrected chi connectivity index (χ4v) is 1.32. The minimum Gasteiger partial charge on any atom is -0.480 e. The number of benzene rings is 1. The molecule has 1 amide bonds. The van der Waals surface area contributed by atoms with E-state index >= 15 is 0 Å². The van der Waals surface area contributed by atoms with E-state index in [-0.39, 0.29) is 12.3 Å². The summed E-state index contributed by atoms with van der Waals surface area (Å²) >= 11 is 0. The lowest BCUT2D eigenvalue weighted by Gasteiger charge is -2.12. The Labute approximate surface area is 100.0 Å². The molecule has 1 rings (SSSR count). The number of carbonyl (C=O) groups is 2. The van der Waals surface area contributed by atoms with E-state index in [0.29, 0.717) is 5.56 Å². The van der Waals surface area contributed by atoms with E-state index in [9.17, 15) is 9.59 Å². The molecule has 90 valence electrons. The van der Waals surface area contributed by atoms with Crippen LogP contribution in [0, 0.1) is 0 Å². The molecular weight excluding hydrogens is 218 g/mol. The zero-order valence-electron chi connectivity index (χ0n) is 9.59. The first-order valence-corrected chi connectivity index (χ1v) is 5.35. The Morgan fingerprint density at radius 2 is 2.00 bits per heavy atom. The van der Waals surface area contributed by atoms with Gasteiger partial charge < -0.3 is 10.4 Å². The zero-order chi connectivity index (χ0) is 12.7. The third-order valence-electron chi connectivity index (χ3n) is 2.25. The Bertz CT molecular complexity index is 412. The van der Waals surface area contributed by atoms with E-state index < -0.39 is 12.0 Å². The standard InChI is InChI=1S/C13H15NO3/c1-2-3-9-11(13(16)17)14-12(15)10-7-5-4-6-8-10/h2-8,11H,9H2,1H3,(H,14,15)(H,16,17)/b3-2+/t11-/m1/s1. The third kappa shape index (κ3) is 4.10. The molecule has 0 saturated carbocycles. The quantitative estimate of drug-likeness (QED) is 0.762. The molecule has 0 radical (unpaired) electrons. The molecule has 0 heterocycles. The molecule has 0 aliphatic heterocycles. The van der Waals surface area contributed by atoms with Crippen molar-refractivity contribution in [2.75, 3.05) is 0 Å². The zero-order valence-corrected chi connectivity index (χ0v) is 9.59. The molecular formula is C13H15NO3. The van der Waals surface area contributed by atoms with Gasteiger partial charge in [0, 0.05) is 5.56 Å². The van der Waals surface area contributed by atoms with Gasteiger partial charge in [0.1, 0.15) is 6.04 Å². The number of allylic oxidation sites excluding steroid dienone is 1. The fourth-order valence-electron chi connectivity index (χ4n) is 1.32. The highest BCUT2D eigenvalue weighted by Gasteiger charge is 2.18. The number of rotatable bonds is 5. The van der Waals surface area contributed by atoms with Gasteiger partial charge in [0.25, 0.3) is 5.91 Å². The number of amides is 1. The molecule has 1 aromatic rings. The highest BCUT2D eigenvalue weighted by atomic mass is 16.4. The molecule has 4 nitrogen and oxygen atoms in total. The summed E-state index contributed by atoms with van der Waals surface area (Å²) in [4.78, 5) is 22.6. The molecule has 17 heavy (non-hydrogen) atoms. The molecule has 0 unspecified atom stereocenters. The Morgan fingerprint density at radius 3 is 2.53 bits per heavy atom. The van der Waals surface area contributed by atoms with Gasteiger partial charge >= 0.3 is 5.97 Å². The topological polar surface area (TPSA) is 66.4 Å². The smallest absolute Gasteiger partial charge is 0.326 e. The molecule has 0 saturated heterocycles. The third-order valence-corrected chi connectivity index (χ3v) is 2.25. The van der Waals surface area contributed by atoms with E-state index in [2.05, 4.69) is 5.32 Å². The number of hydrogen-bond donors (Lipinski definition) is 2. The van der Waals surface area contributed by atoms with Crippen molar-refractivity contribution in [3.05, 3.63) is 48.0 Å². The SMILES string of the molecule is C/C=C/C[C@@H](NC(=O)c1ccccc1)C(=O)O. The van der Waals surface area contributed by atoms with Crippen LogP contribution in [0.4, 0.5) is 0 Å². The second kappa shape index (κ2) is 6.48. The van der Waals surface area contributed by atoms with Gasteiger partial charge in [0.15, 0.2) is 0 Å². The number of carboxylic acid groups (broad SMARTS) is 1. The maximum Gasteiger partial charge on any atom is 0.326 e. The van der Waals surface area contributed by atoms with Crippen LogP contribution in [0.15, 0.2) is 42.5 Å². The van der Waals surface area contributed by atoms with Crippen LogP contribution in [0.1, 0.15) is 23.7 Å². The van der Waals surface area contributed by atoms with E-state index in [1.807, 2.05) is 0 Å². The molecule has 0 fully saturated rings. The van der Waals surface area contributed by atoms with Crippen LogP contribution in [0.3, 0.4) is 0 Å². The molecule has 0 aromatic heterocycles. The lowest BCUT2D eigenvalue weighted by atomic mass is 10.1. The number of aliphatic carboxylic acids is 1. The van der Waals surface area contributed by atoms with Crippen LogP contribution < -0.4 is 5.32 Å². The van der Waals surface area contributed by atoms with Gasteiger partial charge in [-0.1, -0.05) is 30.4 Å². The number of carboxylic acids is 1. The van der Waals surface area contributed by atoms with E-state index in [1.165, 1.54) is 0 Å². The van der Waals surface area contributed by atoms with Crippen molar-refractivity contribution in [2.45, 2.75) is 19.4 Å². The summed E-state index contributed by atoms with van der Waals surface area (Å²) in [5.41, 5.74) is 0.458. The van der Waals surface area contributed by atoms with Crippen molar-refractivity contribution >= 4 is 11.9 Å². The van der Waals surface area contributed by atoms with Gasteiger partial charge in [0.2, 0.25) is 0 Å². The fraction of sp³-hybridized carbons (Fsp3) is 0.231. The lowest BCUT2D eigenvalue weighted by Crippen LogP contribution is -2.40. The van der Waals surface area contributed by atoms with Crippen LogP contribution in [-0.4, -0.2) is 23.0 Å². The maximum absolute atomic E-state index is 11.7. The van der Waals surface area contributed by atoms with E-state index in [0.717, 1.165) is 0 Å². The molecule has 0 aliphatic carbocycles. The minimum atomic E-state index is -1.03. The van der Waals surface area contributed by atoms with Crippen LogP contribution in [0.25, 0.3) is 0 Å². The number of carbonyl (C=O) groups excluding carboxylic acids is 1. The van der Waals surface area contributed by atoms with Gasteiger partial charge in [-0.2, -0.15) is 0 Å². The van der Waals surface area contributed by atoms with Crippen molar-refractivity contribution in [3.8, 4) is 0 Å². The molecule has 2 N–H and O–H groups in total. The van der Waals surface area contributed by atoms with E-state index in [1.54, 1.807) is 49.4 Å². The molecule has 0 bridgehead atoms. The average Bonchev–Trinajstić information content (AvgIpc) is 2.35. The normalized spacial score (nSPS) is 12.3. The van der Waals surface area contributed by atoms with Crippen LogP contribution in [-0.2, 0) is 4.79 Å². The summed E-state index contributed by atoms with van der Waals surface area (Å²) in [6.07, 6.45) is 3.75. The van der Waals surface area contributed by atoms with Crippen LogP contribution >= 0.6 is 0 Å². The van der Waals surface area contributed by atoms with Crippen molar-refractivity contribution in [1.82, 2.24) is 5.32 Å². The summed E-state index contributed by atoms with van der Waals surface area (Å²) in [5, 5.41) is 11.4. The average molecular weight is 233 g/mol. The second-order valence-corrected chi connectivity index (χ2v) is 3.54. The highest BCUT2D eigenvalue weighted by Crippen LogP contribution is 2.01. The molecule has 1 atom stereocenters. The van der Waals surface area contributed by atoms with Crippen molar-refractivity contribution in [1.29, 1.82) is 0 Å². The van der Waals surface area contributed by atoms with Crippen molar-refractivity contribution < 1.29 is 14.7 Å². The monoisotopic (exact) mass is 233 g/mol. The molecule has 4 heteroatoms. The summed E-state index contributed by atoms with van der Waals surface area (Å²) in [6, 6.07) is 7.66. The highest BCUT2D eigenvalue weighted by molar-refractivity contribution is 5.96. The van der Waals surface area contributed by atoms with Crippen LogP contribution in [0.2, 0.25) is 0 Å². The van der Waals surface area contributed by atoms with Crippen LogP contribution in [0.5, 0.6) is 0 Å². The summed E-state index contributed by atoms with van der Waals surface area (Å²) < 4.78 is 0. The lowest BCUT2D eigenvalue weighted by molar-refractivity contribution is -0.139. The van der Waals surface area contributed by atoms with Gasteiger partial charge in [-0.05, 0) is 25.5 Å². The first-order valence-electron chi connectivity index (χ1n) is 5.35. The number of nitrogens with one attached hydrogen (secondary N) is 1. The second-order valence-electron chi connectivity index (χ2n) is 3.54. The Balaban J connectivity index is 2.68. The maximum atomic E-state index is 11.7. The summed E-state index contributed by atoms with van der Waals surface area (Å²) in [6.45, 7) is 1.80. The predicted molar refractivity (Wildman–Crippen MR) is 64.8 cm³/mol. The first kappa shape index (κ1) is 13.0. The first-order chi connectivity index (χ1) is 8.15. The Kier molecular flexibility index (Phi) is 4.94. The van der Waals surface area contributed by atoms with Gasteiger partial charge in [-0.25, -0.2) is 4.79 Å². The van der Waals surface area contributed by atoms with Gasteiger partial charge in [0.05, 0.1) is 0 Å². The predicted octanol–water partition coefficient (Wildman–Crippen LogP) is 1.84.